The Kier molecular flexibility index (Phi) is 47.7. The normalized spacial score (nSPS) is 12.7. The van der Waals surface area contributed by atoms with Crippen molar-refractivity contribution < 1.29 is 19.1 Å². The molecule has 0 amide bonds. The fourth-order valence-electron chi connectivity index (χ4n) is 12.6. The van der Waals surface area contributed by atoms with Crippen molar-refractivity contribution in [2.24, 2.45) is 0 Å². The van der Waals surface area contributed by atoms with E-state index in [0.29, 0.717) is 0 Å². The summed E-state index contributed by atoms with van der Waals surface area (Å²) in [6, 6.07) is 9.92. The second-order valence-corrected chi connectivity index (χ2v) is 26.4. The molecule has 0 saturated heterocycles. The molecule has 3 heteroatoms. The van der Waals surface area contributed by atoms with Crippen LogP contribution in [-0.4, -0.2) is 4.70 Å². The van der Waals surface area contributed by atoms with E-state index in [-0.39, 0.29) is 0 Å². The molecule has 1 aliphatic heterocycles. The SMILES string of the molecule is CCCCC1=C(c2cc(CCC)c(CCC)c(CCC)c2)[N+](=[N-])C(c2cc(CCCC)c(CCCC)c(CCCC)c2)=C1CCCC.CCCCCCCCCCCCCCC[CH2][Ni][CH2]CCCCCCCCCCCCCCC. The van der Waals surface area contributed by atoms with Crippen molar-refractivity contribution in [3.63, 3.8) is 0 Å². The van der Waals surface area contributed by atoms with Gasteiger partial charge < -0.3 is 5.53 Å². The summed E-state index contributed by atoms with van der Waals surface area (Å²) in [5.74, 6) is 0. The van der Waals surface area contributed by atoms with Crippen LogP contribution in [0.3, 0.4) is 0 Å². The maximum atomic E-state index is 12.6. The zero-order valence-corrected chi connectivity index (χ0v) is 56.6. The minimum Gasteiger partial charge on any atom is -0.0654 e. The fraction of sp³-hybridized carbons (Fsp3) is 0.792. The average Bonchev–Trinajstić information content (AvgIpc) is 3.99. The number of nitrogens with zero attached hydrogens (tertiary/aromatic N) is 2. The van der Waals surface area contributed by atoms with Gasteiger partial charge in [0.25, 0.3) is 0 Å². The molecule has 0 bridgehead atoms. The van der Waals surface area contributed by atoms with Crippen LogP contribution < -0.4 is 0 Å². The van der Waals surface area contributed by atoms with Crippen molar-refractivity contribution in [2.45, 2.75) is 395 Å². The summed E-state index contributed by atoms with van der Waals surface area (Å²) in [6.45, 7) is 23.1. The molecule has 2 aromatic carbocycles. The summed E-state index contributed by atoms with van der Waals surface area (Å²) in [6.07, 6.45) is 65.5. The van der Waals surface area contributed by atoms with E-state index in [2.05, 4.69) is 93.5 Å². The average molecular weight is 1150 g/mol. The van der Waals surface area contributed by atoms with Gasteiger partial charge in [0.1, 0.15) is 0 Å². The minimum atomic E-state index is 1.02. The standard InChI is InChI=1S/C45H70N2.2C16H33.Ni/c1-9-17-25-36-32-39(33-37(26-18-10-2)41(36)27-19-11-3)45-43(29-21-13-5)42(28-20-12-4)44(47(45)46)38-30-34(22-14-6)40(24-16-8)35(31-38)23-15-7;2*1-3-5-7-9-11-13-15-16-14-12-10-8-6-4-2;/h30-33H,9-29H2,1-8H3;2*1,3-16H2,2H3;. The van der Waals surface area contributed by atoms with E-state index in [9.17, 15) is 5.53 Å². The first-order valence-electron chi connectivity index (χ1n) is 36.1. The van der Waals surface area contributed by atoms with Gasteiger partial charge in [-0.3, -0.25) is 0 Å². The number of unbranched alkanes of at least 4 members (excludes halogenated alkanes) is 31. The van der Waals surface area contributed by atoms with Crippen molar-refractivity contribution in [3.8, 4) is 0 Å². The molecule has 0 radical (unpaired) electrons. The van der Waals surface area contributed by atoms with Crippen molar-refractivity contribution in [3.05, 3.63) is 85.5 Å². The molecule has 2 nitrogen and oxygen atoms in total. The summed E-state index contributed by atoms with van der Waals surface area (Å²) < 4.78 is 1.67. The van der Waals surface area contributed by atoms with Gasteiger partial charge in [0.15, 0.2) is 0 Å². The Morgan fingerprint density at radius 3 is 0.812 bits per heavy atom. The van der Waals surface area contributed by atoms with Gasteiger partial charge in [-0.05, 0) is 141 Å². The third-order valence-electron chi connectivity index (χ3n) is 17.4. The van der Waals surface area contributed by atoms with Crippen LogP contribution in [0.15, 0.2) is 35.4 Å². The predicted octanol–water partition coefficient (Wildman–Crippen LogP) is 27.0. The summed E-state index contributed by atoms with van der Waals surface area (Å²) in [4.78, 5) is 0. The van der Waals surface area contributed by atoms with Gasteiger partial charge >= 0.3 is 166 Å². The van der Waals surface area contributed by atoms with Gasteiger partial charge in [0, 0.05) is 22.3 Å². The van der Waals surface area contributed by atoms with E-state index in [1.165, 1.54) is 286 Å². The Labute approximate surface area is 507 Å². The molecule has 80 heavy (non-hydrogen) atoms. The molecule has 0 atom stereocenters. The quantitative estimate of drug-likeness (QED) is 0.0358. The number of rotatable bonds is 53. The first-order chi connectivity index (χ1) is 39.3. The summed E-state index contributed by atoms with van der Waals surface area (Å²) in [5, 5.41) is 2.87. The molecular weight excluding hydrogens is 1010 g/mol. The molecule has 0 aromatic heterocycles. The van der Waals surface area contributed by atoms with Crippen molar-refractivity contribution in [2.75, 3.05) is 0 Å². The van der Waals surface area contributed by atoms with Crippen LogP contribution in [0.2, 0.25) is 10.8 Å². The molecule has 0 fully saturated rings. The molecule has 2 aromatic rings. The molecule has 0 N–H and O–H groups in total. The first-order valence-corrected chi connectivity index (χ1v) is 37.5. The number of benzene rings is 2. The second kappa shape index (κ2) is 51.4. The Hall–Kier alpha value is -1.99. The Balaban J connectivity index is 0.000000585. The summed E-state index contributed by atoms with van der Waals surface area (Å²) in [5.41, 5.74) is 29.2. The zero-order chi connectivity index (χ0) is 58.1. The van der Waals surface area contributed by atoms with Crippen molar-refractivity contribution in [1.29, 1.82) is 0 Å². The van der Waals surface area contributed by atoms with Gasteiger partial charge in [0.2, 0.25) is 11.4 Å². The van der Waals surface area contributed by atoms with Crippen LogP contribution in [0.1, 0.15) is 390 Å². The Bertz CT molecular complexity index is 1790. The van der Waals surface area contributed by atoms with E-state index in [4.69, 9.17) is 0 Å². The van der Waals surface area contributed by atoms with E-state index in [1.54, 1.807) is 15.8 Å². The molecule has 464 valence electrons. The van der Waals surface area contributed by atoms with Crippen LogP contribution in [0, 0.1) is 0 Å². The maximum absolute atomic E-state index is 12.6. The Morgan fingerprint density at radius 1 is 0.263 bits per heavy atom. The van der Waals surface area contributed by atoms with Crippen molar-refractivity contribution >= 4 is 11.4 Å². The molecule has 3 rings (SSSR count). The predicted molar refractivity (Wildman–Crippen MR) is 357 cm³/mol. The number of hydrogen-bond donors (Lipinski definition) is 0. The molecule has 1 aliphatic rings. The van der Waals surface area contributed by atoms with Gasteiger partial charge in [0.05, 0.1) is 0 Å². The zero-order valence-electron chi connectivity index (χ0n) is 55.6. The van der Waals surface area contributed by atoms with Gasteiger partial charge in [-0.15, -0.1) is 0 Å². The molecule has 0 unspecified atom stereocenters. The molecule has 0 spiro atoms. The van der Waals surface area contributed by atoms with Gasteiger partial charge in [-0.25, -0.2) is 4.70 Å². The van der Waals surface area contributed by atoms with E-state index >= 15 is 0 Å². The molecule has 0 saturated carbocycles. The third kappa shape index (κ3) is 31.2. The summed E-state index contributed by atoms with van der Waals surface area (Å²) >= 11 is 2.04. The van der Waals surface area contributed by atoms with Crippen molar-refractivity contribution in [1.82, 2.24) is 0 Å². The summed E-state index contributed by atoms with van der Waals surface area (Å²) in [7, 11) is 0. The first kappa shape index (κ1) is 74.1. The molecule has 1 heterocycles. The van der Waals surface area contributed by atoms with Crippen LogP contribution in [-0.2, 0) is 53.0 Å². The van der Waals surface area contributed by atoms with Crippen LogP contribution in [0.4, 0.5) is 0 Å². The van der Waals surface area contributed by atoms with Gasteiger partial charge in [-0.1, -0.05) is 159 Å². The van der Waals surface area contributed by atoms with Crippen LogP contribution in [0.5, 0.6) is 0 Å². The monoisotopic (exact) mass is 1150 g/mol. The number of aryl methyl sites for hydroxylation is 4. The van der Waals surface area contributed by atoms with Gasteiger partial charge in [-0.2, -0.15) is 0 Å². The van der Waals surface area contributed by atoms with E-state index in [1.807, 2.05) is 14.4 Å². The van der Waals surface area contributed by atoms with E-state index in [0.717, 1.165) is 94.9 Å². The smallest absolute Gasteiger partial charge is 0.0654 e. The fourth-order valence-corrected chi connectivity index (χ4v) is 13.8. The minimum absolute atomic E-state index is 1.02. The van der Waals surface area contributed by atoms with Crippen LogP contribution in [0.25, 0.3) is 16.9 Å². The topological polar surface area (TPSA) is 25.3 Å². The third-order valence-corrected chi connectivity index (χ3v) is 18.8. The second-order valence-electron chi connectivity index (χ2n) is 24.9. The number of allylic oxidation sites excluding steroid dienone is 2. The molecular formula is C77H136N2Ni. The van der Waals surface area contributed by atoms with E-state index < -0.39 is 0 Å². The number of hydrogen-bond acceptors (Lipinski definition) is 0. The Morgan fingerprint density at radius 2 is 0.512 bits per heavy atom. The van der Waals surface area contributed by atoms with Crippen LogP contribution >= 0.6 is 0 Å². The molecule has 0 aliphatic carbocycles.